The van der Waals surface area contributed by atoms with Crippen LogP contribution in [0.1, 0.15) is 40.7 Å². The number of hydrogen-bond acceptors (Lipinski definition) is 3. The smallest absolute Gasteiger partial charge is 0.255 e. The van der Waals surface area contributed by atoms with E-state index < -0.39 is 0 Å². The van der Waals surface area contributed by atoms with Crippen LogP contribution < -0.4 is 5.32 Å². The number of benzene rings is 2. The van der Waals surface area contributed by atoms with E-state index in [9.17, 15) is 9.90 Å². The number of phenols is 1. The average Bonchev–Trinajstić information content (AvgIpc) is 2.65. The van der Waals surface area contributed by atoms with Crippen LogP contribution in [-0.4, -0.2) is 42.6 Å². The van der Waals surface area contributed by atoms with E-state index in [1.165, 1.54) is 18.4 Å². The van der Waals surface area contributed by atoms with Crippen molar-refractivity contribution in [1.29, 1.82) is 0 Å². The van der Waals surface area contributed by atoms with Gasteiger partial charge in [0, 0.05) is 6.54 Å². The summed E-state index contributed by atoms with van der Waals surface area (Å²) in [4.78, 5) is 14.8. The predicted octanol–water partition coefficient (Wildman–Crippen LogP) is 3.44. The number of amides is 1. The van der Waals surface area contributed by atoms with Gasteiger partial charge in [-0.05, 0) is 75.0 Å². The van der Waals surface area contributed by atoms with E-state index in [1.807, 2.05) is 24.3 Å². The van der Waals surface area contributed by atoms with Crippen LogP contribution in [0.5, 0.6) is 5.75 Å². The highest BCUT2D eigenvalue weighted by atomic mass is 16.3. The predicted molar refractivity (Wildman–Crippen MR) is 105 cm³/mol. The van der Waals surface area contributed by atoms with Gasteiger partial charge in [0.2, 0.25) is 0 Å². The van der Waals surface area contributed by atoms with Crippen LogP contribution in [0.15, 0.2) is 48.5 Å². The Bertz CT molecular complexity index is 722. The number of carbonyl (C=O) groups is 1. The molecule has 0 aliphatic carbocycles. The van der Waals surface area contributed by atoms with Gasteiger partial charge in [0.15, 0.2) is 0 Å². The maximum atomic E-state index is 12.5. The number of nitrogens with zero attached hydrogens (tertiary/aromatic N) is 1. The van der Waals surface area contributed by atoms with Crippen LogP contribution in [0.2, 0.25) is 0 Å². The third-order valence-corrected chi connectivity index (χ3v) is 5.23. The highest BCUT2D eigenvalue weighted by molar-refractivity contribution is 5.97. The van der Waals surface area contributed by atoms with Crippen LogP contribution in [0.4, 0.5) is 0 Å². The largest absolute Gasteiger partial charge is 0.507 e. The number of carbonyl (C=O) groups excluding carboxylic acids is 1. The van der Waals surface area contributed by atoms with Crippen molar-refractivity contribution in [2.75, 3.05) is 26.7 Å². The van der Waals surface area contributed by atoms with Crippen LogP contribution in [0, 0.1) is 5.92 Å². The van der Waals surface area contributed by atoms with Crippen molar-refractivity contribution in [2.45, 2.75) is 25.7 Å². The Labute approximate surface area is 155 Å². The van der Waals surface area contributed by atoms with E-state index in [2.05, 4.69) is 29.4 Å². The van der Waals surface area contributed by atoms with Crippen LogP contribution in [-0.2, 0) is 6.42 Å². The van der Waals surface area contributed by atoms with E-state index in [1.54, 1.807) is 12.1 Å². The third-order valence-electron chi connectivity index (χ3n) is 5.23. The van der Waals surface area contributed by atoms with Crippen molar-refractivity contribution in [1.82, 2.24) is 10.2 Å². The first-order chi connectivity index (χ1) is 12.6. The van der Waals surface area contributed by atoms with Gasteiger partial charge in [-0.15, -0.1) is 0 Å². The summed E-state index contributed by atoms with van der Waals surface area (Å²) in [5, 5.41) is 13.1. The molecule has 138 valence electrons. The van der Waals surface area contributed by atoms with E-state index in [-0.39, 0.29) is 11.7 Å². The van der Waals surface area contributed by atoms with E-state index >= 15 is 0 Å². The number of phenolic OH excluding ortho intramolecular Hbond substituents is 1. The first-order valence-corrected chi connectivity index (χ1v) is 9.44. The second-order valence-electron chi connectivity index (χ2n) is 7.31. The van der Waals surface area contributed by atoms with Crippen LogP contribution >= 0.6 is 0 Å². The molecular weight excluding hydrogens is 324 g/mol. The Hall–Kier alpha value is -2.33. The molecule has 0 spiro atoms. The molecule has 0 saturated carbocycles. The van der Waals surface area contributed by atoms with Gasteiger partial charge >= 0.3 is 0 Å². The molecule has 0 bridgehead atoms. The van der Waals surface area contributed by atoms with Gasteiger partial charge in [-0.1, -0.05) is 36.4 Å². The molecule has 2 aromatic carbocycles. The standard InChI is InChI=1S/C22H28N2O2/c1-24-13-10-17(11-14-24)9-12-23-22(26)20-16-19(7-8-21(20)25)15-18-5-3-2-4-6-18/h2-8,16-17,25H,9-15H2,1H3,(H,23,26). The second-order valence-corrected chi connectivity index (χ2v) is 7.31. The number of nitrogens with one attached hydrogen (secondary N) is 1. The third kappa shape index (κ3) is 5.09. The molecule has 1 heterocycles. The Morgan fingerprint density at radius 1 is 1.12 bits per heavy atom. The minimum absolute atomic E-state index is 0.0404. The molecule has 0 atom stereocenters. The fourth-order valence-corrected chi connectivity index (χ4v) is 3.54. The fourth-order valence-electron chi connectivity index (χ4n) is 3.54. The quantitative estimate of drug-likeness (QED) is 0.837. The average molecular weight is 352 g/mol. The molecule has 1 aliphatic heterocycles. The lowest BCUT2D eigenvalue weighted by molar-refractivity contribution is 0.0946. The van der Waals surface area contributed by atoms with E-state index in [0.29, 0.717) is 18.0 Å². The van der Waals surface area contributed by atoms with Crippen LogP contribution in [0.3, 0.4) is 0 Å². The number of hydrogen-bond donors (Lipinski definition) is 2. The van der Waals surface area contributed by atoms with E-state index in [0.717, 1.165) is 31.5 Å². The lowest BCUT2D eigenvalue weighted by Gasteiger charge is -2.28. The lowest BCUT2D eigenvalue weighted by atomic mass is 9.94. The highest BCUT2D eigenvalue weighted by Crippen LogP contribution is 2.21. The highest BCUT2D eigenvalue weighted by Gasteiger charge is 2.17. The molecule has 0 aromatic heterocycles. The fraction of sp³-hybridized carbons (Fsp3) is 0.409. The first-order valence-electron chi connectivity index (χ1n) is 9.44. The summed E-state index contributed by atoms with van der Waals surface area (Å²) < 4.78 is 0. The van der Waals surface area contributed by atoms with Crippen LogP contribution in [0.25, 0.3) is 0 Å². The first kappa shape index (κ1) is 18.5. The summed E-state index contributed by atoms with van der Waals surface area (Å²) in [7, 11) is 2.16. The molecule has 2 N–H and O–H groups in total. The number of rotatable bonds is 6. The van der Waals surface area contributed by atoms with Crippen molar-refractivity contribution in [3.05, 3.63) is 65.2 Å². The van der Waals surface area contributed by atoms with Gasteiger partial charge in [-0.3, -0.25) is 4.79 Å². The monoisotopic (exact) mass is 352 g/mol. The molecule has 0 radical (unpaired) electrons. The van der Waals surface area contributed by atoms with Gasteiger partial charge in [-0.2, -0.15) is 0 Å². The number of piperidine rings is 1. The summed E-state index contributed by atoms with van der Waals surface area (Å²) in [6, 6.07) is 15.4. The van der Waals surface area contributed by atoms with Gasteiger partial charge < -0.3 is 15.3 Å². The van der Waals surface area contributed by atoms with Gasteiger partial charge in [0.1, 0.15) is 5.75 Å². The number of aromatic hydroxyl groups is 1. The SMILES string of the molecule is CN1CCC(CCNC(=O)c2cc(Cc3ccccc3)ccc2O)CC1. The topological polar surface area (TPSA) is 52.6 Å². The molecular formula is C22H28N2O2. The lowest BCUT2D eigenvalue weighted by Crippen LogP contribution is -2.32. The summed E-state index contributed by atoms with van der Waals surface area (Å²) in [5.41, 5.74) is 2.57. The molecule has 1 aliphatic rings. The second kappa shape index (κ2) is 8.86. The zero-order valence-corrected chi connectivity index (χ0v) is 15.4. The molecule has 1 saturated heterocycles. The van der Waals surface area contributed by atoms with E-state index in [4.69, 9.17) is 0 Å². The Kier molecular flexibility index (Phi) is 6.29. The summed E-state index contributed by atoms with van der Waals surface area (Å²) in [5.74, 6) is 0.536. The summed E-state index contributed by atoms with van der Waals surface area (Å²) in [6.07, 6.45) is 4.15. The molecule has 4 heteroatoms. The summed E-state index contributed by atoms with van der Waals surface area (Å²) >= 11 is 0. The molecule has 26 heavy (non-hydrogen) atoms. The Morgan fingerprint density at radius 3 is 2.58 bits per heavy atom. The van der Waals surface area contributed by atoms with Gasteiger partial charge in [0.25, 0.3) is 5.91 Å². The van der Waals surface area contributed by atoms with Crippen molar-refractivity contribution in [3.8, 4) is 5.75 Å². The van der Waals surface area contributed by atoms with Crippen molar-refractivity contribution >= 4 is 5.91 Å². The maximum Gasteiger partial charge on any atom is 0.255 e. The molecule has 3 rings (SSSR count). The molecule has 0 unspecified atom stereocenters. The maximum absolute atomic E-state index is 12.5. The molecule has 1 amide bonds. The minimum Gasteiger partial charge on any atom is -0.507 e. The van der Waals surface area contributed by atoms with Crippen molar-refractivity contribution in [2.24, 2.45) is 5.92 Å². The van der Waals surface area contributed by atoms with Crippen molar-refractivity contribution in [3.63, 3.8) is 0 Å². The summed E-state index contributed by atoms with van der Waals surface area (Å²) in [6.45, 7) is 2.94. The molecule has 4 nitrogen and oxygen atoms in total. The Morgan fingerprint density at radius 2 is 1.85 bits per heavy atom. The Balaban J connectivity index is 1.55. The van der Waals surface area contributed by atoms with Crippen molar-refractivity contribution < 1.29 is 9.90 Å². The molecule has 2 aromatic rings. The molecule has 1 fully saturated rings. The van der Waals surface area contributed by atoms with Gasteiger partial charge in [-0.25, -0.2) is 0 Å². The van der Waals surface area contributed by atoms with Gasteiger partial charge in [0.05, 0.1) is 5.56 Å². The zero-order chi connectivity index (χ0) is 18.4. The minimum atomic E-state index is -0.190. The number of likely N-dealkylation sites (tertiary alicyclic amines) is 1. The normalized spacial score (nSPS) is 15.7. The zero-order valence-electron chi connectivity index (χ0n) is 15.4.